The number of pyridine rings is 1. The fourth-order valence-electron chi connectivity index (χ4n) is 2.61. The maximum Gasteiger partial charge on any atom is 0.161 e. The molecule has 1 aromatic heterocycles. The van der Waals surface area contributed by atoms with Gasteiger partial charge in [-0.3, -0.25) is 0 Å². The lowest BCUT2D eigenvalue weighted by Crippen LogP contribution is -1.93. The van der Waals surface area contributed by atoms with Crippen molar-refractivity contribution in [3.8, 4) is 28.8 Å². The highest BCUT2D eigenvalue weighted by molar-refractivity contribution is 5.90. The van der Waals surface area contributed by atoms with Gasteiger partial charge in [0, 0.05) is 17.0 Å². The van der Waals surface area contributed by atoms with E-state index in [-0.39, 0.29) is 0 Å². The minimum atomic E-state index is 0.652. The fourth-order valence-corrected chi connectivity index (χ4v) is 2.61. The molecule has 0 saturated heterocycles. The number of nitriles is 1. The van der Waals surface area contributed by atoms with E-state index in [1.807, 2.05) is 54.6 Å². The van der Waals surface area contributed by atoms with Gasteiger partial charge in [-0.2, -0.15) is 5.26 Å². The molecular formula is C20H16N2O2. The molecule has 0 unspecified atom stereocenters. The largest absolute Gasteiger partial charge is 0.493 e. The molecule has 0 spiro atoms. The van der Waals surface area contributed by atoms with Crippen LogP contribution in [0.15, 0.2) is 54.6 Å². The predicted octanol–water partition coefficient (Wildman–Crippen LogP) is 4.46. The summed E-state index contributed by atoms with van der Waals surface area (Å²) in [5.41, 5.74) is 3.56. The van der Waals surface area contributed by atoms with Gasteiger partial charge >= 0.3 is 0 Å². The van der Waals surface area contributed by atoms with Gasteiger partial charge in [0.05, 0.1) is 31.5 Å². The number of rotatable bonds is 4. The Labute approximate surface area is 140 Å². The van der Waals surface area contributed by atoms with Crippen molar-refractivity contribution >= 4 is 17.0 Å². The SMILES string of the molecule is COc1ccc(-c2cc(/C=C\C#N)c3ccccc3n2)cc1OC. The highest BCUT2D eigenvalue weighted by Crippen LogP contribution is 2.33. The average Bonchev–Trinajstić information content (AvgIpc) is 2.65. The molecule has 0 aliphatic carbocycles. The Kier molecular flexibility index (Phi) is 4.44. The first-order valence-corrected chi connectivity index (χ1v) is 7.45. The van der Waals surface area contributed by atoms with Crippen molar-refractivity contribution in [3.63, 3.8) is 0 Å². The van der Waals surface area contributed by atoms with Crippen molar-refractivity contribution in [2.45, 2.75) is 0 Å². The maximum atomic E-state index is 8.83. The first-order valence-electron chi connectivity index (χ1n) is 7.45. The molecule has 3 aromatic rings. The van der Waals surface area contributed by atoms with Crippen LogP contribution in [0.4, 0.5) is 0 Å². The van der Waals surface area contributed by atoms with Crippen molar-refractivity contribution < 1.29 is 9.47 Å². The van der Waals surface area contributed by atoms with E-state index in [9.17, 15) is 0 Å². The summed E-state index contributed by atoms with van der Waals surface area (Å²) < 4.78 is 10.7. The number of methoxy groups -OCH3 is 2. The molecular weight excluding hydrogens is 300 g/mol. The van der Waals surface area contributed by atoms with Crippen LogP contribution in [0.25, 0.3) is 28.2 Å². The highest BCUT2D eigenvalue weighted by atomic mass is 16.5. The second kappa shape index (κ2) is 6.84. The van der Waals surface area contributed by atoms with E-state index >= 15 is 0 Å². The smallest absolute Gasteiger partial charge is 0.161 e. The average molecular weight is 316 g/mol. The Balaban J connectivity index is 2.20. The van der Waals surface area contributed by atoms with E-state index < -0.39 is 0 Å². The van der Waals surface area contributed by atoms with Gasteiger partial charge in [0.2, 0.25) is 0 Å². The van der Waals surface area contributed by atoms with Gasteiger partial charge in [0.15, 0.2) is 11.5 Å². The summed E-state index contributed by atoms with van der Waals surface area (Å²) >= 11 is 0. The molecule has 4 nitrogen and oxygen atoms in total. The van der Waals surface area contributed by atoms with Crippen LogP contribution in [0.1, 0.15) is 5.56 Å². The van der Waals surface area contributed by atoms with Crippen LogP contribution in [0, 0.1) is 11.3 Å². The molecule has 0 aliphatic rings. The van der Waals surface area contributed by atoms with Gasteiger partial charge < -0.3 is 9.47 Å². The molecule has 3 rings (SSSR count). The Hall–Kier alpha value is -3.32. The zero-order valence-corrected chi connectivity index (χ0v) is 13.5. The van der Waals surface area contributed by atoms with Gasteiger partial charge in [0.1, 0.15) is 0 Å². The first kappa shape index (κ1) is 15.6. The zero-order chi connectivity index (χ0) is 16.9. The van der Waals surface area contributed by atoms with Crippen LogP contribution in [0.2, 0.25) is 0 Å². The minimum absolute atomic E-state index is 0.652. The number of fused-ring (bicyclic) bond motifs is 1. The maximum absolute atomic E-state index is 8.83. The summed E-state index contributed by atoms with van der Waals surface area (Å²) in [5.74, 6) is 1.32. The molecule has 0 N–H and O–H groups in total. The number of hydrogen-bond donors (Lipinski definition) is 0. The van der Waals surface area contributed by atoms with Crippen molar-refractivity contribution in [2.75, 3.05) is 14.2 Å². The number of hydrogen-bond acceptors (Lipinski definition) is 4. The number of allylic oxidation sites excluding steroid dienone is 1. The third kappa shape index (κ3) is 2.92. The van der Waals surface area contributed by atoms with Gasteiger partial charge in [-0.25, -0.2) is 4.98 Å². The molecule has 0 amide bonds. The first-order chi connectivity index (χ1) is 11.8. The van der Waals surface area contributed by atoms with Crippen LogP contribution < -0.4 is 9.47 Å². The molecule has 118 valence electrons. The van der Waals surface area contributed by atoms with E-state index in [1.54, 1.807) is 20.3 Å². The molecule has 0 aliphatic heterocycles. The van der Waals surface area contributed by atoms with Gasteiger partial charge in [-0.1, -0.05) is 18.2 Å². The van der Waals surface area contributed by atoms with Crippen molar-refractivity contribution in [1.82, 2.24) is 4.98 Å². The molecule has 1 heterocycles. The predicted molar refractivity (Wildman–Crippen MR) is 94.9 cm³/mol. The topological polar surface area (TPSA) is 55.1 Å². The molecule has 4 heteroatoms. The van der Waals surface area contributed by atoms with E-state index in [1.165, 1.54) is 6.08 Å². The van der Waals surface area contributed by atoms with E-state index in [2.05, 4.69) is 0 Å². The van der Waals surface area contributed by atoms with E-state index in [0.717, 1.165) is 27.7 Å². The van der Waals surface area contributed by atoms with Gasteiger partial charge in [0.25, 0.3) is 0 Å². The van der Waals surface area contributed by atoms with Crippen molar-refractivity contribution in [1.29, 1.82) is 5.26 Å². The van der Waals surface area contributed by atoms with Crippen LogP contribution in [-0.4, -0.2) is 19.2 Å². The second-order valence-electron chi connectivity index (χ2n) is 5.15. The lowest BCUT2D eigenvalue weighted by Gasteiger charge is -2.11. The zero-order valence-electron chi connectivity index (χ0n) is 13.5. The summed E-state index contributed by atoms with van der Waals surface area (Å²) in [6.07, 6.45) is 3.27. The number of benzene rings is 2. The van der Waals surface area contributed by atoms with E-state index in [0.29, 0.717) is 11.5 Å². The fraction of sp³-hybridized carbons (Fsp3) is 0.100. The number of nitrogens with zero attached hydrogens (tertiary/aromatic N) is 2. The Morgan fingerprint density at radius 3 is 2.54 bits per heavy atom. The molecule has 0 fully saturated rings. The van der Waals surface area contributed by atoms with Gasteiger partial charge in [-0.05, 0) is 42.0 Å². The van der Waals surface area contributed by atoms with Crippen molar-refractivity contribution in [3.05, 3.63) is 60.2 Å². The summed E-state index contributed by atoms with van der Waals surface area (Å²) in [6.45, 7) is 0. The Bertz CT molecular complexity index is 956. The summed E-state index contributed by atoms with van der Waals surface area (Å²) in [7, 11) is 3.22. The molecule has 0 atom stereocenters. The third-order valence-corrected chi connectivity index (χ3v) is 3.76. The Morgan fingerprint density at radius 1 is 1.00 bits per heavy atom. The van der Waals surface area contributed by atoms with Crippen LogP contribution in [0.3, 0.4) is 0 Å². The Morgan fingerprint density at radius 2 is 1.79 bits per heavy atom. The molecule has 0 bridgehead atoms. The number of aromatic nitrogens is 1. The minimum Gasteiger partial charge on any atom is -0.493 e. The second-order valence-corrected chi connectivity index (χ2v) is 5.15. The lowest BCUT2D eigenvalue weighted by atomic mass is 10.0. The molecule has 2 aromatic carbocycles. The van der Waals surface area contributed by atoms with Gasteiger partial charge in [-0.15, -0.1) is 0 Å². The molecule has 0 saturated carbocycles. The summed E-state index contributed by atoms with van der Waals surface area (Å²) in [4.78, 5) is 4.73. The van der Waals surface area contributed by atoms with E-state index in [4.69, 9.17) is 19.7 Å². The van der Waals surface area contributed by atoms with Crippen LogP contribution in [0.5, 0.6) is 11.5 Å². The monoisotopic (exact) mass is 316 g/mol. The normalized spacial score (nSPS) is 10.7. The summed E-state index contributed by atoms with van der Waals surface area (Å²) in [6, 6.07) is 17.6. The number of para-hydroxylation sites is 1. The van der Waals surface area contributed by atoms with Crippen LogP contribution >= 0.6 is 0 Å². The molecule has 0 radical (unpaired) electrons. The highest BCUT2D eigenvalue weighted by Gasteiger charge is 2.09. The summed E-state index contributed by atoms with van der Waals surface area (Å²) in [5, 5.41) is 9.84. The van der Waals surface area contributed by atoms with Crippen molar-refractivity contribution in [2.24, 2.45) is 0 Å². The lowest BCUT2D eigenvalue weighted by molar-refractivity contribution is 0.355. The number of ether oxygens (including phenoxy) is 2. The third-order valence-electron chi connectivity index (χ3n) is 3.76. The standard InChI is InChI=1S/C20H16N2O2/c1-23-19-10-9-15(13-20(19)24-2)18-12-14(6-5-11-21)16-7-3-4-8-17(16)22-18/h3-10,12-13H,1-2H3/b6-5-. The quantitative estimate of drug-likeness (QED) is 0.667. The molecule has 24 heavy (non-hydrogen) atoms. The van der Waals surface area contributed by atoms with Crippen LogP contribution in [-0.2, 0) is 0 Å².